The van der Waals surface area contributed by atoms with Gasteiger partial charge in [-0.2, -0.15) is 0 Å². The summed E-state index contributed by atoms with van der Waals surface area (Å²) >= 11 is 6.25. The Bertz CT molecular complexity index is 775. The first kappa shape index (κ1) is 18.0. The van der Waals surface area contributed by atoms with Gasteiger partial charge in [-0.25, -0.2) is 0 Å². The number of benzene rings is 1. The third kappa shape index (κ3) is 3.34. The van der Waals surface area contributed by atoms with Crippen molar-refractivity contribution in [2.45, 2.75) is 12.8 Å². The van der Waals surface area contributed by atoms with E-state index in [2.05, 4.69) is 4.90 Å². The molecule has 4 rings (SSSR count). The first-order valence-corrected chi connectivity index (χ1v) is 9.71. The van der Waals surface area contributed by atoms with E-state index in [9.17, 15) is 14.4 Å². The quantitative estimate of drug-likeness (QED) is 0.587. The SMILES string of the molecule is O=C(CN1C(=O)C2CC=CCC2C1=O)N1CCN(c2ccccc2Cl)CC1. The smallest absolute Gasteiger partial charge is 0.242 e. The van der Waals surface area contributed by atoms with E-state index in [-0.39, 0.29) is 36.1 Å². The number of nitrogens with zero attached hydrogens (tertiary/aromatic N) is 3. The lowest BCUT2D eigenvalue weighted by atomic mass is 9.85. The third-order valence-electron chi connectivity index (χ3n) is 5.72. The monoisotopic (exact) mass is 387 g/mol. The van der Waals surface area contributed by atoms with Crippen LogP contribution in [-0.4, -0.2) is 60.2 Å². The molecule has 2 heterocycles. The maximum atomic E-state index is 12.7. The zero-order valence-electron chi connectivity index (χ0n) is 15.0. The number of allylic oxidation sites excluding steroid dienone is 2. The number of halogens is 1. The van der Waals surface area contributed by atoms with Crippen molar-refractivity contribution in [2.24, 2.45) is 11.8 Å². The number of hydrogen-bond donors (Lipinski definition) is 0. The molecule has 7 heteroatoms. The fourth-order valence-corrected chi connectivity index (χ4v) is 4.42. The minimum absolute atomic E-state index is 0.142. The van der Waals surface area contributed by atoms with Crippen molar-refractivity contribution >= 4 is 35.0 Å². The molecule has 1 aromatic rings. The predicted octanol–water partition coefficient (Wildman–Crippen LogP) is 1.94. The Morgan fingerprint density at radius 2 is 1.56 bits per heavy atom. The Labute approximate surface area is 163 Å². The Kier molecular flexibility index (Phi) is 4.91. The third-order valence-corrected chi connectivity index (χ3v) is 6.04. The molecule has 27 heavy (non-hydrogen) atoms. The summed E-state index contributed by atoms with van der Waals surface area (Å²) in [5.41, 5.74) is 0.965. The van der Waals surface area contributed by atoms with Crippen LogP contribution in [0, 0.1) is 11.8 Å². The van der Waals surface area contributed by atoms with Crippen LogP contribution in [0.1, 0.15) is 12.8 Å². The van der Waals surface area contributed by atoms with E-state index in [0.29, 0.717) is 44.0 Å². The van der Waals surface area contributed by atoms with Gasteiger partial charge < -0.3 is 9.80 Å². The molecule has 3 amide bonds. The Morgan fingerprint density at radius 1 is 0.963 bits per heavy atom. The molecule has 2 fully saturated rings. The Balaban J connectivity index is 1.36. The van der Waals surface area contributed by atoms with Gasteiger partial charge in [0.15, 0.2) is 0 Å². The van der Waals surface area contributed by atoms with Gasteiger partial charge in [0.2, 0.25) is 17.7 Å². The standard InChI is InChI=1S/C20H22ClN3O3/c21-16-7-3-4-8-17(16)22-9-11-23(12-10-22)18(25)13-24-19(26)14-5-1-2-6-15(14)20(24)27/h1-4,7-8,14-15H,5-6,9-13H2. The van der Waals surface area contributed by atoms with Gasteiger partial charge in [-0.3, -0.25) is 19.3 Å². The minimum Gasteiger partial charge on any atom is -0.367 e. The summed E-state index contributed by atoms with van der Waals surface area (Å²) in [6.45, 7) is 2.30. The number of amides is 3. The van der Waals surface area contributed by atoms with Crippen LogP contribution in [0.3, 0.4) is 0 Å². The molecule has 0 radical (unpaired) electrons. The topological polar surface area (TPSA) is 60.9 Å². The average molecular weight is 388 g/mol. The Morgan fingerprint density at radius 3 is 2.15 bits per heavy atom. The molecular weight excluding hydrogens is 366 g/mol. The van der Waals surface area contributed by atoms with Crippen LogP contribution in [0.25, 0.3) is 0 Å². The van der Waals surface area contributed by atoms with Crippen LogP contribution in [0.2, 0.25) is 5.02 Å². The summed E-state index contributed by atoms with van der Waals surface area (Å²) in [5, 5.41) is 0.696. The maximum absolute atomic E-state index is 12.7. The molecule has 0 spiro atoms. The molecule has 2 unspecified atom stereocenters. The zero-order valence-corrected chi connectivity index (χ0v) is 15.8. The first-order valence-electron chi connectivity index (χ1n) is 9.33. The molecule has 2 saturated heterocycles. The molecule has 0 aromatic heterocycles. The van der Waals surface area contributed by atoms with Crippen molar-refractivity contribution in [3.8, 4) is 0 Å². The van der Waals surface area contributed by atoms with E-state index < -0.39 is 0 Å². The summed E-state index contributed by atoms with van der Waals surface area (Å²) in [7, 11) is 0. The summed E-state index contributed by atoms with van der Waals surface area (Å²) in [5.74, 6) is -1.13. The van der Waals surface area contributed by atoms with Crippen molar-refractivity contribution in [3.63, 3.8) is 0 Å². The maximum Gasteiger partial charge on any atom is 0.242 e. The van der Waals surface area contributed by atoms with E-state index in [1.165, 1.54) is 4.90 Å². The second kappa shape index (κ2) is 7.35. The number of anilines is 1. The molecule has 0 bridgehead atoms. The van der Waals surface area contributed by atoms with Crippen LogP contribution >= 0.6 is 11.6 Å². The first-order chi connectivity index (χ1) is 13.1. The highest BCUT2D eigenvalue weighted by Crippen LogP contribution is 2.35. The lowest BCUT2D eigenvalue weighted by Crippen LogP contribution is -2.52. The number of likely N-dealkylation sites (tertiary alicyclic amines) is 1. The van der Waals surface area contributed by atoms with Gasteiger partial charge in [0.25, 0.3) is 0 Å². The van der Waals surface area contributed by atoms with Gasteiger partial charge in [-0.05, 0) is 25.0 Å². The number of imide groups is 1. The summed E-state index contributed by atoms with van der Waals surface area (Å²) in [6, 6.07) is 7.66. The van der Waals surface area contributed by atoms with Crippen LogP contribution < -0.4 is 4.90 Å². The van der Waals surface area contributed by atoms with Crippen LogP contribution in [0.15, 0.2) is 36.4 Å². The van der Waals surface area contributed by atoms with Crippen molar-refractivity contribution < 1.29 is 14.4 Å². The molecule has 6 nitrogen and oxygen atoms in total. The van der Waals surface area contributed by atoms with E-state index in [1.807, 2.05) is 36.4 Å². The summed E-state index contributed by atoms with van der Waals surface area (Å²) in [4.78, 5) is 42.8. The normalized spacial score (nSPS) is 25.1. The second-order valence-electron chi connectivity index (χ2n) is 7.24. The minimum atomic E-state index is -0.285. The zero-order chi connectivity index (χ0) is 19.0. The van der Waals surface area contributed by atoms with Gasteiger partial charge >= 0.3 is 0 Å². The fraction of sp³-hybridized carbons (Fsp3) is 0.450. The lowest BCUT2D eigenvalue weighted by molar-refractivity contribution is -0.146. The van der Waals surface area contributed by atoms with Crippen molar-refractivity contribution in [1.82, 2.24) is 9.80 Å². The molecule has 2 aliphatic heterocycles. The molecule has 1 aromatic carbocycles. The van der Waals surface area contributed by atoms with Crippen LogP contribution in [0.4, 0.5) is 5.69 Å². The van der Waals surface area contributed by atoms with E-state index in [4.69, 9.17) is 11.6 Å². The van der Waals surface area contributed by atoms with Crippen LogP contribution in [-0.2, 0) is 14.4 Å². The second-order valence-corrected chi connectivity index (χ2v) is 7.64. The highest BCUT2D eigenvalue weighted by Gasteiger charge is 2.48. The molecule has 1 aliphatic carbocycles. The average Bonchev–Trinajstić information content (AvgIpc) is 2.94. The van der Waals surface area contributed by atoms with E-state index in [1.54, 1.807) is 4.90 Å². The number of para-hydroxylation sites is 1. The molecule has 2 atom stereocenters. The number of rotatable bonds is 3. The molecule has 3 aliphatic rings. The van der Waals surface area contributed by atoms with Gasteiger partial charge in [-0.15, -0.1) is 0 Å². The Hall–Kier alpha value is -2.34. The van der Waals surface area contributed by atoms with Gasteiger partial charge in [0.05, 0.1) is 22.5 Å². The molecule has 142 valence electrons. The van der Waals surface area contributed by atoms with E-state index >= 15 is 0 Å². The number of carbonyl (C=O) groups excluding carboxylic acids is 3. The highest BCUT2D eigenvalue weighted by atomic mass is 35.5. The van der Waals surface area contributed by atoms with Crippen LogP contribution in [0.5, 0.6) is 0 Å². The molecule has 0 N–H and O–H groups in total. The largest absolute Gasteiger partial charge is 0.367 e. The fourth-order valence-electron chi connectivity index (χ4n) is 4.17. The summed E-state index contributed by atoms with van der Waals surface area (Å²) in [6.07, 6.45) is 5.09. The number of hydrogen-bond acceptors (Lipinski definition) is 4. The predicted molar refractivity (Wildman–Crippen MR) is 102 cm³/mol. The van der Waals surface area contributed by atoms with Crippen molar-refractivity contribution in [2.75, 3.05) is 37.6 Å². The van der Waals surface area contributed by atoms with Gasteiger partial charge in [0.1, 0.15) is 6.54 Å². The van der Waals surface area contributed by atoms with Gasteiger partial charge in [0, 0.05) is 26.2 Å². The summed E-state index contributed by atoms with van der Waals surface area (Å²) < 4.78 is 0. The van der Waals surface area contributed by atoms with Gasteiger partial charge in [-0.1, -0.05) is 35.9 Å². The van der Waals surface area contributed by atoms with Crippen molar-refractivity contribution in [3.05, 3.63) is 41.4 Å². The molecular formula is C20H22ClN3O3. The van der Waals surface area contributed by atoms with E-state index in [0.717, 1.165) is 5.69 Å². The lowest BCUT2D eigenvalue weighted by Gasteiger charge is -2.37. The number of piperazine rings is 1. The molecule has 0 saturated carbocycles. The number of carbonyl (C=O) groups is 3. The number of fused-ring (bicyclic) bond motifs is 1. The van der Waals surface area contributed by atoms with Crippen molar-refractivity contribution in [1.29, 1.82) is 0 Å². The highest BCUT2D eigenvalue weighted by molar-refractivity contribution is 6.33.